The number of carbonyl (C=O) groups is 1. The molecule has 0 saturated heterocycles. The Kier molecular flexibility index (Phi) is 5.90. The summed E-state index contributed by atoms with van der Waals surface area (Å²) in [5, 5.41) is 13.2. The largest absolute Gasteiger partial charge is 0.494 e. The summed E-state index contributed by atoms with van der Waals surface area (Å²) >= 11 is 0. The minimum atomic E-state index is -0.681. The van der Waals surface area contributed by atoms with E-state index >= 15 is 0 Å². The van der Waals surface area contributed by atoms with Crippen LogP contribution in [0.3, 0.4) is 0 Å². The molecule has 7 nitrogen and oxygen atoms in total. The molecule has 0 aliphatic rings. The third kappa shape index (κ3) is 4.84. The zero-order chi connectivity index (χ0) is 17.4. The zero-order valence-electron chi connectivity index (χ0n) is 13.0. The van der Waals surface area contributed by atoms with Gasteiger partial charge in [-0.05, 0) is 17.7 Å². The van der Waals surface area contributed by atoms with Crippen LogP contribution in [0.5, 0.6) is 5.75 Å². The smallest absolute Gasteiger partial charge is 0.412 e. The molecule has 0 saturated carbocycles. The third-order valence-electron chi connectivity index (χ3n) is 3.05. The number of hydrogen-bond acceptors (Lipinski definition) is 5. The molecule has 0 atom stereocenters. The minimum Gasteiger partial charge on any atom is -0.494 e. The first-order valence-corrected chi connectivity index (χ1v) is 7.08. The zero-order valence-corrected chi connectivity index (χ0v) is 13.0. The lowest BCUT2D eigenvalue weighted by Gasteiger charge is -2.09. The number of nitro groups is 1. The van der Waals surface area contributed by atoms with Crippen molar-refractivity contribution >= 4 is 23.5 Å². The Morgan fingerprint density at radius 1 is 1.25 bits per heavy atom. The summed E-state index contributed by atoms with van der Waals surface area (Å²) in [6.45, 7) is 0.0933. The average molecular weight is 328 g/mol. The molecule has 0 fully saturated rings. The Labute approximate surface area is 138 Å². The van der Waals surface area contributed by atoms with Gasteiger partial charge in [0.15, 0.2) is 0 Å². The van der Waals surface area contributed by atoms with Crippen molar-refractivity contribution in [2.24, 2.45) is 0 Å². The monoisotopic (exact) mass is 328 g/mol. The number of ether oxygens (including phenoxy) is 2. The molecule has 124 valence electrons. The van der Waals surface area contributed by atoms with E-state index < -0.39 is 11.0 Å². The highest BCUT2D eigenvalue weighted by Crippen LogP contribution is 2.29. The summed E-state index contributed by atoms with van der Waals surface area (Å²) in [4.78, 5) is 21.9. The van der Waals surface area contributed by atoms with Crippen LogP contribution in [-0.4, -0.2) is 24.7 Å². The maximum absolute atomic E-state index is 11.8. The molecule has 0 bridgehead atoms. The number of nitro benzene ring substituents is 1. The van der Waals surface area contributed by atoms with Gasteiger partial charge >= 0.3 is 6.09 Å². The number of anilines is 1. The molecule has 2 aromatic rings. The molecule has 0 unspecified atom stereocenters. The van der Waals surface area contributed by atoms with Crippen LogP contribution in [0.4, 0.5) is 16.2 Å². The van der Waals surface area contributed by atoms with Crippen LogP contribution in [0.2, 0.25) is 0 Å². The van der Waals surface area contributed by atoms with Crippen LogP contribution in [0.25, 0.3) is 6.08 Å². The SMILES string of the molecule is COc1cc([N+](=O)[O-])ccc1NC(=O)OCC=Cc1ccccc1. The van der Waals surface area contributed by atoms with Gasteiger partial charge in [0.2, 0.25) is 0 Å². The molecule has 0 aromatic heterocycles. The van der Waals surface area contributed by atoms with Crippen molar-refractivity contribution in [3.63, 3.8) is 0 Å². The molecule has 7 heteroatoms. The van der Waals surface area contributed by atoms with Crippen molar-refractivity contribution in [3.05, 3.63) is 70.3 Å². The van der Waals surface area contributed by atoms with Gasteiger partial charge in [-0.3, -0.25) is 15.4 Å². The van der Waals surface area contributed by atoms with Gasteiger partial charge in [0.1, 0.15) is 12.4 Å². The first-order valence-electron chi connectivity index (χ1n) is 7.08. The molecule has 0 aliphatic heterocycles. The Hall–Kier alpha value is -3.35. The molecule has 1 N–H and O–H groups in total. The number of amides is 1. The second kappa shape index (κ2) is 8.33. The summed E-state index contributed by atoms with van der Waals surface area (Å²) < 4.78 is 10.1. The van der Waals surface area contributed by atoms with E-state index in [-0.39, 0.29) is 18.0 Å². The third-order valence-corrected chi connectivity index (χ3v) is 3.05. The van der Waals surface area contributed by atoms with E-state index in [1.54, 1.807) is 6.08 Å². The summed E-state index contributed by atoms with van der Waals surface area (Å²) in [6, 6.07) is 13.5. The molecule has 24 heavy (non-hydrogen) atoms. The maximum Gasteiger partial charge on any atom is 0.412 e. The van der Waals surface area contributed by atoms with Crippen molar-refractivity contribution in [1.82, 2.24) is 0 Å². The van der Waals surface area contributed by atoms with Crippen LogP contribution >= 0.6 is 0 Å². The number of carbonyl (C=O) groups excluding carboxylic acids is 1. The topological polar surface area (TPSA) is 90.7 Å². The summed E-state index contributed by atoms with van der Waals surface area (Å²) in [5.41, 5.74) is 1.16. The number of methoxy groups -OCH3 is 1. The first-order chi connectivity index (χ1) is 11.6. The van der Waals surface area contributed by atoms with Crippen molar-refractivity contribution in [1.29, 1.82) is 0 Å². The lowest BCUT2D eigenvalue weighted by Crippen LogP contribution is -2.14. The number of benzene rings is 2. The Morgan fingerprint density at radius 3 is 2.67 bits per heavy atom. The number of non-ortho nitro benzene ring substituents is 1. The number of nitrogens with one attached hydrogen (secondary N) is 1. The lowest BCUT2D eigenvalue weighted by atomic mass is 10.2. The van der Waals surface area contributed by atoms with E-state index in [1.165, 1.54) is 25.3 Å². The second-order valence-electron chi connectivity index (χ2n) is 4.68. The fourth-order valence-corrected chi connectivity index (χ4v) is 1.91. The van der Waals surface area contributed by atoms with E-state index in [1.807, 2.05) is 36.4 Å². The summed E-state index contributed by atoms with van der Waals surface area (Å²) in [5.74, 6) is 0.181. The van der Waals surface area contributed by atoms with E-state index in [0.717, 1.165) is 5.56 Å². The van der Waals surface area contributed by atoms with Gasteiger partial charge in [-0.2, -0.15) is 0 Å². The maximum atomic E-state index is 11.8. The van der Waals surface area contributed by atoms with Crippen molar-refractivity contribution in [2.75, 3.05) is 19.0 Å². The minimum absolute atomic E-state index is 0.0933. The molecule has 1 amide bonds. The van der Waals surface area contributed by atoms with Crippen LogP contribution in [0, 0.1) is 10.1 Å². The van der Waals surface area contributed by atoms with E-state index in [0.29, 0.717) is 5.69 Å². The predicted molar refractivity (Wildman–Crippen MR) is 90.1 cm³/mol. The molecule has 0 heterocycles. The summed E-state index contributed by atoms with van der Waals surface area (Å²) in [7, 11) is 1.36. The Bertz CT molecular complexity index is 744. The number of rotatable bonds is 6. The van der Waals surface area contributed by atoms with Gasteiger partial charge in [0.25, 0.3) is 5.69 Å². The van der Waals surface area contributed by atoms with E-state index in [4.69, 9.17) is 9.47 Å². The standard InChI is InChI=1S/C17H16N2O5/c1-23-16-12-14(19(21)22)9-10-15(16)18-17(20)24-11-5-8-13-6-3-2-4-7-13/h2-10,12H,11H2,1H3,(H,18,20). The molecule has 2 rings (SSSR count). The van der Waals surface area contributed by atoms with Crippen LogP contribution < -0.4 is 10.1 Å². The highest BCUT2D eigenvalue weighted by molar-refractivity contribution is 5.87. The quantitative estimate of drug-likeness (QED) is 0.642. The van der Waals surface area contributed by atoms with Gasteiger partial charge in [-0.1, -0.05) is 36.4 Å². The lowest BCUT2D eigenvalue weighted by molar-refractivity contribution is -0.384. The predicted octanol–water partition coefficient (Wildman–Crippen LogP) is 3.87. The highest BCUT2D eigenvalue weighted by Gasteiger charge is 2.13. The molecule has 0 spiro atoms. The van der Waals surface area contributed by atoms with Gasteiger partial charge < -0.3 is 9.47 Å². The van der Waals surface area contributed by atoms with Crippen molar-refractivity contribution in [2.45, 2.75) is 0 Å². The van der Waals surface area contributed by atoms with Gasteiger partial charge in [0.05, 0.1) is 23.8 Å². The van der Waals surface area contributed by atoms with Gasteiger partial charge in [0, 0.05) is 6.07 Å². The number of nitrogens with zero attached hydrogens (tertiary/aromatic N) is 1. The fraction of sp³-hybridized carbons (Fsp3) is 0.118. The molecular formula is C17H16N2O5. The summed E-state index contributed by atoms with van der Waals surface area (Å²) in [6.07, 6.45) is 2.86. The second-order valence-corrected chi connectivity index (χ2v) is 4.68. The first kappa shape index (κ1) is 17.0. The van der Waals surface area contributed by atoms with Gasteiger partial charge in [-0.15, -0.1) is 0 Å². The van der Waals surface area contributed by atoms with Crippen LogP contribution in [0.15, 0.2) is 54.6 Å². The highest BCUT2D eigenvalue weighted by atomic mass is 16.6. The molecule has 0 radical (unpaired) electrons. The average Bonchev–Trinajstić information content (AvgIpc) is 2.59. The van der Waals surface area contributed by atoms with Crippen LogP contribution in [0.1, 0.15) is 5.56 Å². The van der Waals surface area contributed by atoms with Crippen LogP contribution in [-0.2, 0) is 4.74 Å². The normalized spacial score (nSPS) is 10.4. The molecule has 0 aliphatic carbocycles. The molecule has 2 aromatic carbocycles. The fourth-order valence-electron chi connectivity index (χ4n) is 1.91. The van der Waals surface area contributed by atoms with Crippen molar-refractivity contribution < 1.29 is 19.2 Å². The Balaban J connectivity index is 1.90. The Morgan fingerprint density at radius 2 is 2.00 bits per heavy atom. The van der Waals surface area contributed by atoms with Crippen molar-refractivity contribution in [3.8, 4) is 5.75 Å². The van der Waals surface area contributed by atoms with E-state index in [9.17, 15) is 14.9 Å². The van der Waals surface area contributed by atoms with Gasteiger partial charge in [-0.25, -0.2) is 4.79 Å². The molecular weight excluding hydrogens is 312 g/mol. The number of hydrogen-bond donors (Lipinski definition) is 1. The van der Waals surface area contributed by atoms with E-state index in [2.05, 4.69) is 5.32 Å².